The van der Waals surface area contributed by atoms with Gasteiger partial charge in [-0.05, 0) is 37.6 Å². The molecule has 0 aliphatic rings. The van der Waals surface area contributed by atoms with Gasteiger partial charge in [0.1, 0.15) is 0 Å². The normalized spacial score (nSPS) is 11.0. The fraction of sp³-hybridized carbons (Fsp3) is 0.400. The summed E-state index contributed by atoms with van der Waals surface area (Å²) < 4.78 is 27.1. The lowest BCUT2D eigenvalue weighted by Crippen LogP contribution is -2.26. The molecular weight excluding hydrogens is 328 g/mol. The van der Waals surface area contributed by atoms with Crippen molar-refractivity contribution in [1.82, 2.24) is 4.72 Å². The smallest absolute Gasteiger partial charge is 0.240 e. The molecule has 4 nitrogen and oxygen atoms in total. The van der Waals surface area contributed by atoms with Crippen LogP contribution in [0.2, 0.25) is 0 Å². The summed E-state index contributed by atoms with van der Waals surface area (Å²) in [6, 6.07) is 5.10. The maximum Gasteiger partial charge on any atom is 0.240 e. The summed E-state index contributed by atoms with van der Waals surface area (Å²) in [7, 11) is -3.42. The van der Waals surface area contributed by atoms with Crippen LogP contribution in [0.15, 0.2) is 27.6 Å². The lowest BCUT2D eigenvalue weighted by molar-refractivity contribution is 0.579. The molecule has 3 N–H and O–H groups in total. The second-order valence-corrected chi connectivity index (χ2v) is 5.99. The Morgan fingerprint density at radius 1 is 1.41 bits per heavy atom. The highest BCUT2D eigenvalue weighted by atomic mass is 79.9. The lowest BCUT2D eigenvalue weighted by Gasteiger charge is -2.09. The van der Waals surface area contributed by atoms with Crippen LogP contribution in [0.25, 0.3) is 0 Å². The van der Waals surface area contributed by atoms with Gasteiger partial charge in [0, 0.05) is 11.0 Å². The van der Waals surface area contributed by atoms with E-state index >= 15 is 0 Å². The Balaban J connectivity index is 0.00000256. The van der Waals surface area contributed by atoms with Gasteiger partial charge in [-0.15, -0.1) is 12.4 Å². The van der Waals surface area contributed by atoms with Gasteiger partial charge in [-0.2, -0.15) is 0 Å². The van der Waals surface area contributed by atoms with Crippen LogP contribution in [0.1, 0.15) is 12.0 Å². The molecule has 0 radical (unpaired) electrons. The zero-order valence-corrected chi connectivity index (χ0v) is 12.7. The van der Waals surface area contributed by atoms with Gasteiger partial charge in [-0.1, -0.05) is 22.0 Å². The van der Waals surface area contributed by atoms with Crippen molar-refractivity contribution in [3.63, 3.8) is 0 Å². The third-order valence-corrected chi connectivity index (χ3v) is 4.65. The maximum atomic E-state index is 11.9. The Labute approximate surface area is 117 Å². The summed E-state index contributed by atoms with van der Waals surface area (Å²) in [5, 5.41) is 0. The number of rotatable bonds is 5. The van der Waals surface area contributed by atoms with E-state index in [2.05, 4.69) is 20.7 Å². The summed E-state index contributed by atoms with van der Waals surface area (Å²) in [6.45, 7) is 2.60. The van der Waals surface area contributed by atoms with E-state index in [0.717, 1.165) is 4.47 Å². The number of hydrogen-bond donors (Lipinski definition) is 2. The number of nitrogens with one attached hydrogen (secondary N) is 1. The molecule has 1 aromatic carbocycles. The Kier molecular flexibility index (Phi) is 7.27. The number of halogens is 2. The quantitative estimate of drug-likeness (QED) is 0.801. The van der Waals surface area contributed by atoms with Crippen molar-refractivity contribution in [3.8, 4) is 0 Å². The second kappa shape index (κ2) is 7.33. The molecule has 0 fully saturated rings. The molecule has 0 saturated carbocycles. The minimum Gasteiger partial charge on any atom is -0.330 e. The monoisotopic (exact) mass is 342 g/mol. The molecular formula is C10H16BrClN2O2S. The van der Waals surface area contributed by atoms with Crippen LogP contribution in [0.4, 0.5) is 0 Å². The summed E-state index contributed by atoms with van der Waals surface area (Å²) >= 11 is 3.31. The van der Waals surface area contributed by atoms with Crippen molar-refractivity contribution in [2.45, 2.75) is 18.2 Å². The number of benzene rings is 1. The number of hydrogen-bond acceptors (Lipinski definition) is 3. The van der Waals surface area contributed by atoms with Crippen LogP contribution in [-0.4, -0.2) is 21.5 Å². The molecule has 1 rings (SSSR count). The predicted molar refractivity (Wildman–Crippen MR) is 75.0 cm³/mol. The number of nitrogens with two attached hydrogens (primary N) is 1. The summed E-state index contributed by atoms with van der Waals surface area (Å²) in [4.78, 5) is 0.305. The first-order chi connectivity index (χ1) is 7.49. The van der Waals surface area contributed by atoms with Crippen LogP contribution < -0.4 is 10.5 Å². The standard InChI is InChI=1S/C10H15BrN2O2S.ClH/c1-8-9(11)4-2-5-10(8)16(14,15)13-7-3-6-12;/h2,4-5,13H,3,6-7,12H2,1H3;1H. The molecule has 0 unspecified atom stereocenters. The third kappa shape index (κ3) is 4.56. The Bertz CT molecular complexity index is 465. The van der Waals surface area contributed by atoms with Gasteiger partial charge >= 0.3 is 0 Å². The van der Waals surface area contributed by atoms with E-state index in [1.165, 1.54) is 0 Å². The SMILES string of the molecule is Cc1c(Br)cccc1S(=O)(=O)NCCCN.Cl. The molecule has 0 aromatic heterocycles. The lowest BCUT2D eigenvalue weighted by atomic mass is 10.2. The van der Waals surface area contributed by atoms with Gasteiger partial charge in [0.05, 0.1) is 4.90 Å². The fourth-order valence-corrected chi connectivity index (χ4v) is 3.10. The maximum absolute atomic E-state index is 11.9. The van der Waals surface area contributed by atoms with E-state index in [9.17, 15) is 8.42 Å². The first kappa shape index (κ1) is 16.9. The summed E-state index contributed by atoms with van der Waals surface area (Å²) in [5.41, 5.74) is 6.02. The van der Waals surface area contributed by atoms with Crippen LogP contribution in [0.3, 0.4) is 0 Å². The molecule has 0 heterocycles. The Morgan fingerprint density at radius 2 is 2.06 bits per heavy atom. The van der Waals surface area contributed by atoms with Crippen LogP contribution in [0, 0.1) is 6.92 Å². The zero-order valence-electron chi connectivity index (χ0n) is 9.44. The average molecular weight is 344 g/mol. The predicted octanol–water partition coefficient (Wildman–Crippen LogP) is 1.81. The van der Waals surface area contributed by atoms with E-state index < -0.39 is 10.0 Å². The van der Waals surface area contributed by atoms with Crippen LogP contribution in [-0.2, 0) is 10.0 Å². The highest BCUT2D eigenvalue weighted by Crippen LogP contribution is 2.22. The molecule has 0 aliphatic carbocycles. The van der Waals surface area contributed by atoms with Gasteiger partial charge in [0.2, 0.25) is 10.0 Å². The van der Waals surface area contributed by atoms with E-state index in [1.807, 2.05) is 6.07 Å². The van der Waals surface area contributed by atoms with Crippen molar-refractivity contribution >= 4 is 38.4 Å². The van der Waals surface area contributed by atoms with E-state index in [-0.39, 0.29) is 12.4 Å². The summed E-state index contributed by atoms with van der Waals surface area (Å²) in [5.74, 6) is 0. The minimum absolute atomic E-state index is 0. The van der Waals surface area contributed by atoms with Gasteiger partial charge in [-0.3, -0.25) is 0 Å². The molecule has 0 atom stereocenters. The van der Waals surface area contributed by atoms with Crippen molar-refractivity contribution < 1.29 is 8.42 Å². The van der Waals surface area contributed by atoms with Crippen molar-refractivity contribution in [2.75, 3.05) is 13.1 Å². The van der Waals surface area contributed by atoms with Gasteiger partial charge < -0.3 is 5.73 Å². The average Bonchev–Trinajstić information content (AvgIpc) is 2.22. The molecule has 0 aliphatic heterocycles. The molecule has 0 amide bonds. The molecule has 98 valence electrons. The van der Waals surface area contributed by atoms with Gasteiger partial charge in [-0.25, -0.2) is 13.1 Å². The first-order valence-electron chi connectivity index (χ1n) is 4.94. The van der Waals surface area contributed by atoms with E-state index in [1.54, 1.807) is 19.1 Å². The molecule has 17 heavy (non-hydrogen) atoms. The first-order valence-corrected chi connectivity index (χ1v) is 7.21. The number of sulfonamides is 1. The molecule has 0 bridgehead atoms. The minimum atomic E-state index is -3.42. The fourth-order valence-electron chi connectivity index (χ4n) is 1.27. The van der Waals surface area contributed by atoms with Crippen LogP contribution >= 0.6 is 28.3 Å². The highest BCUT2D eigenvalue weighted by molar-refractivity contribution is 9.10. The Hall–Kier alpha value is -0.140. The summed E-state index contributed by atoms with van der Waals surface area (Å²) in [6.07, 6.45) is 0.631. The van der Waals surface area contributed by atoms with Crippen LogP contribution in [0.5, 0.6) is 0 Å². The Morgan fingerprint density at radius 3 is 2.65 bits per heavy atom. The van der Waals surface area contributed by atoms with E-state index in [4.69, 9.17) is 5.73 Å². The van der Waals surface area contributed by atoms with Gasteiger partial charge in [0.25, 0.3) is 0 Å². The second-order valence-electron chi connectivity index (χ2n) is 3.40. The zero-order chi connectivity index (χ0) is 12.2. The van der Waals surface area contributed by atoms with E-state index in [0.29, 0.717) is 30.0 Å². The molecule has 0 saturated heterocycles. The molecule has 0 spiro atoms. The largest absolute Gasteiger partial charge is 0.330 e. The van der Waals surface area contributed by atoms with Crippen molar-refractivity contribution in [1.29, 1.82) is 0 Å². The molecule has 1 aromatic rings. The van der Waals surface area contributed by atoms with Crippen molar-refractivity contribution in [2.24, 2.45) is 5.73 Å². The van der Waals surface area contributed by atoms with Crippen molar-refractivity contribution in [3.05, 3.63) is 28.2 Å². The molecule has 7 heteroatoms. The topological polar surface area (TPSA) is 72.2 Å². The third-order valence-electron chi connectivity index (χ3n) is 2.18. The van der Waals surface area contributed by atoms with Gasteiger partial charge in [0.15, 0.2) is 0 Å². The highest BCUT2D eigenvalue weighted by Gasteiger charge is 2.16.